The van der Waals surface area contributed by atoms with Gasteiger partial charge in [0.1, 0.15) is 10.2 Å². The second-order valence-electron chi connectivity index (χ2n) is 4.95. The van der Waals surface area contributed by atoms with E-state index in [1.165, 1.54) is 11.5 Å². The van der Waals surface area contributed by atoms with E-state index in [1.807, 2.05) is 11.8 Å². The predicted octanol–water partition coefficient (Wildman–Crippen LogP) is 1.69. The number of carbonyl (C=O) groups is 1. The van der Waals surface area contributed by atoms with Crippen molar-refractivity contribution in [2.24, 2.45) is 5.92 Å². The van der Waals surface area contributed by atoms with E-state index < -0.39 is 4.33 Å². The summed E-state index contributed by atoms with van der Waals surface area (Å²) in [5.41, 5.74) is 0. The van der Waals surface area contributed by atoms with Crippen molar-refractivity contribution in [1.29, 1.82) is 0 Å². The molecule has 1 aliphatic carbocycles. The van der Waals surface area contributed by atoms with E-state index in [0.717, 1.165) is 24.0 Å². The zero-order chi connectivity index (χ0) is 13.6. The molecule has 1 aromatic heterocycles. The number of carbonyl (C=O) groups excluding carboxylic acids is 1. The molecule has 1 aliphatic heterocycles. The molecule has 0 radical (unpaired) electrons. The minimum absolute atomic E-state index is 0.0816. The lowest BCUT2D eigenvalue weighted by Gasteiger charge is -2.34. The van der Waals surface area contributed by atoms with Gasteiger partial charge in [0.2, 0.25) is 11.0 Å². The Bertz CT molecular complexity index is 499. The summed E-state index contributed by atoms with van der Waals surface area (Å²) in [7, 11) is 0. The van der Waals surface area contributed by atoms with Crippen molar-refractivity contribution < 1.29 is 4.79 Å². The minimum Gasteiger partial charge on any atom is -0.343 e. The second kappa shape index (κ2) is 4.75. The fourth-order valence-electron chi connectivity index (χ4n) is 2.23. The molecule has 104 valence electrons. The smallest absolute Gasteiger partial charge is 0.228 e. The number of aromatic nitrogens is 2. The Kier molecular flexibility index (Phi) is 3.35. The van der Waals surface area contributed by atoms with Crippen molar-refractivity contribution >= 4 is 45.8 Å². The average Bonchev–Trinajstić information content (AvgIpc) is 2.82. The number of hydrogen-bond donors (Lipinski definition) is 0. The first-order valence-corrected chi connectivity index (χ1v) is 7.72. The highest BCUT2D eigenvalue weighted by atomic mass is 35.5. The van der Waals surface area contributed by atoms with E-state index in [9.17, 15) is 4.79 Å². The number of anilines is 1. The van der Waals surface area contributed by atoms with Gasteiger partial charge in [0.15, 0.2) is 0 Å². The quantitative estimate of drug-likeness (QED) is 0.778. The van der Waals surface area contributed by atoms with Crippen LogP contribution >= 0.6 is 34.7 Å². The van der Waals surface area contributed by atoms with E-state index in [4.69, 9.17) is 23.2 Å². The molecular formula is C11H14Cl2N4OS. The van der Waals surface area contributed by atoms with E-state index >= 15 is 0 Å². The number of alkyl halides is 2. The second-order valence-corrected chi connectivity index (χ2v) is 7.23. The number of piperazine rings is 1. The van der Waals surface area contributed by atoms with Crippen molar-refractivity contribution in [2.75, 3.05) is 31.1 Å². The Morgan fingerprint density at radius 2 is 2.00 bits per heavy atom. The van der Waals surface area contributed by atoms with Gasteiger partial charge in [-0.15, -0.1) is 23.2 Å². The van der Waals surface area contributed by atoms with Gasteiger partial charge in [-0.3, -0.25) is 4.79 Å². The number of nitrogens with zero attached hydrogens (tertiary/aromatic N) is 4. The summed E-state index contributed by atoms with van der Waals surface area (Å²) in [5, 5.41) is 0.931. The maximum absolute atomic E-state index is 12.1. The molecule has 0 N–H and O–H groups in total. The maximum atomic E-state index is 12.1. The first-order valence-electron chi connectivity index (χ1n) is 6.19. The van der Waals surface area contributed by atoms with Crippen LogP contribution in [0.2, 0.25) is 0 Å². The average molecular weight is 321 g/mol. The summed E-state index contributed by atoms with van der Waals surface area (Å²) in [4.78, 5) is 20.5. The highest BCUT2D eigenvalue weighted by molar-refractivity contribution is 7.09. The molecule has 5 nitrogen and oxygen atoms in total. The molecule has 0 aromatic carbocycles. The van der Waals surface area contributed by atoms with Crippen LogP contribution in [-0.2, 0) is 4.79 Å². The van der Waals surface area contributed by atoms with E-state index in [2.05, 4.69) is 14.3 Å². The molecule has 2 fully saturated rings. The van der Waals surface area contributed by atoms with Crippen LogP contribution in [0.4, 0.5) is 5.13 Å². The molecule has 1 saturated carbocycles. The van der Waals surface area contributed by atoms with Crippen molar-refractivity contribution in [3.8, 4) is 0 Å². The van der Waals surface area contributed by atoms with Crippen LogP contribution in [0, 0.1) is 12.8 Å². The number of hydrogen-bond acceptors (Lipinski definition) is 5. The summed E-state index contributed by atoms with van der Waals surface area (Å²) in [6.07, 6.45) is 0.574. The van der Waals surface area contributed by atoms with E-state index in [0.29, 0.717) is 19.5 Å². The summed E-state index contributed by atoms with van der Waals surface area (Å²) < 4.78 is 3.35. The van der Waals surface area contributed by atoms with Crippen LogP contribution in [0.5, 0.6) is 0 Å². The van der Waals surface area contributed by atoms with Gasteiger partial charge in [0.25, 0.3) is 0 Å². The molecule has 1 aromatic rings. The summed E-state index contributed by atoms with van der Waals surface area (Å²) >= 11 is 13.3. The molecule has 19 heavy (non-hydrogen) atoms. The third-order valence-corrected chi connectivity index (χ3v) is 5.21. The molecular weight excluding hydrogens is 307 g/mol. The highest BCUT2D eigenvalue weighted by Gasteiger charge is 2.57. The highest BCUT2D eigenvalue weighted by Crippen LogP contribution is 2.53. The van der Waals surface area contributed by atoms with Crippen molar-refractivity contribution in [1.82, 2.24) is 14.3 Å². The van der Waals surface area contributed by atoms with Gasteiger partial charge in [-0.05, 0) is 13.3 Å². The lowest BCUT2D eigenvalue weighted by molar-refractivity contribution is -0.132. The van der Waals surface area contributed by atoms with Crippen LogP contribution in [-0.4, -0.2) is 50.7 Å². The normalized spacial score (nSPS) is 25.5. The number of aryl methyl sites for hydroxylation is 1. The summed E-state index contributed by atoms with van der Waals surface area (Å²) in [5.74, 6) is 0.662. The third kappa shape index (κ3) is 2.66. The maximum Gasteiger partial charge on any atom is 0.228 e. The molecule has 2 heterocycles. The van der Waals surface area contributed by atoms with E-state index in [-0.39, 0.29) is 11.8 Å². The van der Waals surface area contributed by atoms with E-state index in [1.54, 1.807) is 0 Å². The van der Waals surface area contributed by atoms with Gasteiger partial charge in [-0.1, -0.05) is 0 Å². The largest absolute Gasteiger partial charge is 0.343 e. The minimum atomic E-state index is -0.829. The summed E-state index contributed by atoms with van der Waals surface area (Å²) in [6.45, 7) is 4.83. The SMILES string of the molecule is Cc1nsc(N2CCN(C(=O)[C@@H]3CC3(Cl)Cl)CC2)n1. The fourth-order valence-corrected chi connectivity index (χ4v) is 3.46. The first-order chi connectivity index (χ1) is 8.97. The third-order valence-electron chi connectivity index (χ3n) is 3.50. The topological polar surface area (TPSA) is 49.3 Å². The van der Waals surface area contributed by atoms with Crippen LogP contribution in [0.15, 0.2) is 0 Å². The molecule has 2 aliphatic rings. The Hall–Kier alpha value is -0.590. The van der Waals surface area contributed by atoms with Gasteiger partial charge in [-0.2, -0.15) is 4.37 Å². The molecule has 0 spiro atoms. The molecule has 0 unspecified atom stereocenters. The van der Waals surface area contributed by atoms with Crippen molar-refractivity contribution in [3.05, 3.63) is 5.82 Å². The van der Waals surface area contributed by atoms with Crippen LogP contribution < -0.4 is 4.90 Å². The van der Waals surface area contributed by atoms with Gasteiger partial charge in [0, 0.05) is 37.7 Å². The molecule has 1 amide bonds. The Morgan fingerprint density at radius 1 is 1.37 bits per heavy atom. The number of rotatable bonds is 2. The fraction of sp³-hybridized carbons (Fsp3) is 0.727. The summed E-state index contributed by atoms with van der Waals surface area (Å²) in [6, 6.07) is 0. The zero-order valence-corrected chi connectivity index (χ0v) is 12.8. The number of amides is 1. The Labute approximate surface area is 125 Å². The molecule has 1 atom stereocenters. The zero-order valence-electron chi connectivity index (χ0n) is 10.5. The molecule has 1 saturated heterocycles. The Morgan fingerprint density at radius 3 is 2.47 bits per heavy atom. The lowest BCUT2D eigenvalue weighted by atomic mass is 10.3. The number of halogens is 2. The van der Waals surface area contributed by atoms with Crippen LogP contribution in [0.3, 0.4) is 0 Å². The van der Waals surface area contributed by atoms with Gasteiger partial charge in [0.05, 0.1) is 5.92 Å². The van der Waals surface area contributed by atoms with Gasteiger partial charge >= 0.3 is 0 Å². The van der Waals surface area contributed by atoms with Crippen LogP contribution in [0.25, 0.3) is 0 Å². The van der Waals surface area contributed by atoms with Crippen molar-refractivity contribution in [3.63, 3.8) is 0 Å². The lowest BCUT2D eigenvalue weighted by Crippen LogP contribution is -2.49. The van der Waals surface area contributed by atoms with Crippen LogP contribution in [0.1, 0.15) is 12.2 Å². The first kappa shape index (κ1) is 13.4. The molecule has 3 rings (SSSR count). The molecule has 0 bridgehead atoms. The van der Waals surface area contributed by atoms with Gasteiger partial charge < -0.3 is 9.80 Å². The Balaban J connectivity index is 1.56. The molecule has 8 heteroatoms. The van der Waals surface area contributed by atoms with Gasteiger partial charge in [-0.25, -0.2) is 4.98 Å². The van der Waals surface area contributed by atoms with Crippen molar-refractivity contribution in [2.45, 2.75) is 17.7 Å². The predicted molar refractivity (Wildman–Crippen MR) is 76.0 cm³/mol. The standard InChI is InChI=1S/C11H14Cl2N4OS/c1-7-14-10(19-15-7)17-4-2-16(3-5-17)9(18)8-6-11(8,12)13/h8H,2-6H2,1H3/t8-/m0/s1. The monoisotopic (exact) mass is 320 g/mol.